The van der Waals surface area contributed by atoms with Gasteiger partial charge in [-0.3, -0.25) is 9.71 Å². The number of pyridine rings is 1. The van der Waals surface area contributed by atoms with Crippen molar-refractivity contribution in [3.8, 4) is 5.75 Å². The molecule has 1 N–H and O–H groups in total. The van der Waals surface area contributed by atoms with Gasteiger partial charge in [-0.25, -0.2) is 8.42 Å². The van der Waals surface area contributed by atoms with Gasteiger partial charge in [-0.05, 0) is 60.0 Å². The average Bonchev–Trinajstić information content (AvgIpc) is 2.69. The third-order valence-electron chi connectivity index (χ3n) is 4.07. The van der Waals surface area contributed by atoms with Crippen LogP contribution >= 0.6 is 0 Å². The quantitative estimate of drug-likeness (QED) is 0.689. The van der Waals surface area contributed by atoms with E-state index >= 15 is 0 Å². The molecule has 0 saturated heterocycles. The van der Waals surface area contributed by atoms with Gasteiger partial charge in [0.15, 0.2) is 0 Å². The fraction of sp³-hybridized carbons (Fsp3) is 0.0952. The van der Waals surface area contributed by atoms with Gasteiger partial charge in [0.2, 0.25) is 0 Å². The number of aromatic nitrogens is 1. The van der Waals surface area contributed by atoms with Gasteiger partial charge in [0, 0.05) is 12.4 Å². The molecule has 0 fully saturated rings. The molecule has 0 spiro atoms. The van der Waals surface area contributed by atoms with Gasteiger partial charge in [-0.1, -0.05) is 30.4 Å². The fourth-order valence-electron chi connectivity index (χ4n) is 2.58. The summed E-state index contributed by atoms with van der Waals surface area (Å²) in [4.78, 5) is 4.17. The number of methoxy groups -OCH3 is 1. The summed E-state index contributed by atoms with van der Waals surface area (Å²) in [5.74, 6) is 0.603. The second-order valence-electron chi connectivity index (χ2n) is 5.93. The summed E-state index contributed by atoms with van der Waals surface area (Å²) in [6.07, 6.45) is 7.22. The average molecular weight is 380 g/mol. The van der Waals surface area contributed by atoms with Crippen LogP contribution in [0.3, 0.4) is 0 Å². The highest BCUT2D eigenvalue weighted by atomic mass is 32.2. The Morgan fingerprint density at radius 2 is 1.67 bits per heavy atom. The molecular weight excluding hydrogens is 360 g/mol. The van der Waals surface area contributed by atoms with Crippen LogP contribution in [0.1, 0.15) is 16.7 Å². The van der Waals surface area contributed by atoms with E-state index in [9.17, 15) is 8.42 Å². The lowest BCUT2D eigenvalue weighted by Crippen LogP contribution is -2.14. The number of rotatable bonds is 6. The van der Waals surface area contributed by atoms with Gasteiger partial charge in [0.05, 0.1) is 17.7 Å². The van der Waals surface area contributed by atoms with Crippen LogP contribution in [0.15, 0.2) is 71.9 Å². The van der Waals surface area contributed by atoms with Gasteiger partial charge in [0.25, 0.3) is 10.0 Å². The Labute approximate surface area is 159 Å². The Hall–Kier alpha value is -3.12. The van der Waals surface area contributed by atoms with Crippen molar-refractivity contribution in [3.05, 3.63) is 83.7 Å². The van der Waals surface area contributed by atoms with E-state index in [1.807, 2.05) is 49.4 Å². The van der Waals surface area contributed by atoms with E-state index in [0.717, 1.165) is 16.7 Å². The highest BCUT2D eigenvalue weighted by Gasteiger charge is 2.17. The van der Waals surface area contributed by atoms with E-state index in [-0.39, 0.29) is 4.90 Å². The molecule has 0 aliphatic carbocycles. The molecule has 0 radical (unpaired) electrons. The van der Waals surface area contributed by atoms with Gasteiger partial charge in [0.1, 0.15) is 5.75 Å². The van der Waals surface area contributed by atoms with E-state index in [1.54, 1.807) is 24.5 Å². The van der Waals surface area contributed by atoms with E-state index < -0.39 is 10.0 Å². The zero-order valence-electron chi connectivity index (χ0n) is 15.1. The van der Waals surface area contributed by atoms with Crippen LogP contribution in [0.4, 0.5) is 5.69 Å². The number of anilines is 1. The first kappa shape index (κ1) is 18.7. The number of nitrogens with zero attached hydrogens (tertiary/aromatic N) is 1. The molecule has 3 rings (SSSR count). The lowest BCUT2D eigenvalue weighted by atomic mass is 10.1. The lowest BCUT2D eigenvalue weighted by Gasteiger charge is -2.14. The predicted molar refractivity (Wildman–Crippen MR) is 108 cm³/mol. The number of aryl methyl sites for hydroxylation is 1. The summed E-state index contributed by atoms with van der Waals surface area (Å²) < 4.78 is 33.4. The number of sulfonamides is 1. The van der Waals surface area contributed by atoms with E-state index in [1.165, 1.54) is 19.2 Å². The van der Waals surface area contributed by atoms with Crippen molar-refractivity contribution in [3.63, 3.8) is 0 Å². The summed E-state index contributed by atoms with van der Waals surface area (Å²) in [6, 6.07) is 15.7. The summed E-state index contributed by atoms with van der Waals surface area (Å²) in [7, 11) is -2.18. The molecule has 6 heteroatoms. The smallest absolute Gasteiger partial charge is 0.261 e. The Morgan fingerprint density at radius 1 is 0.963 bits per heavy atom. The van der Waals surface area contributed by atoms with E-state index in [0.29, 0.717) is 11.4 Å². The maximum Gasteiger partial charge on any atom is 0.261 e. The molecule has 0 atom stereocenters. The van der Waals surface area contributed by atoms with Crippen molar-refractivity contribution >= 4 is 27.9 Å². The van der Waals surface area contributed by atoms with Gasteiger partial charge in [-0.15, -0.1) is 0 Å². The van der Waals surface area contributed by atoms with Crippen molar-refractivity contribution in [2.24, 2.45) is 0 Å². The van der Waals surface area contributed by atoms with Crippen LogP contribution in [0, 0.1) is 6.92 Å². The van der Waals surface area contributed by atoms with Gasteiger partial charge in [-0.2, -0.15) is 0 Å². The Balaban J connectivity index is 1.93. The third-order valence-corrected chi connectivity index (χ3v) is 5.44. The summed E-state index contributed by atoms with van der Waals surface area (Å²) in [5, 5.41) is 0. The topological polar surface area (TPSA) is 68.3 Å². The number of nitrogens with one attached hydrogen (secondary N) is 1. The summed E-state index contributed by atoms with van der Waals surface area (Å²) in [5.41, 5.74) is 3.15. The largest absolute Gasteiger partial charge is 0.497 e. The lowest BCUT2D eigenvalue weighted by molar-refractivity contribution is 0.414. The standard InChI is InChI=1S/C21H20N2O3S/c1-16-4-3-5-18(7-6-17-12-14-22-15-13-17)21(16)23-27(24,25)20-10-8-19(26-2)9-11-20/h3-15,23H,1-2H3/b7-6+. The Kier molecular flexibility index (Phi) is 5.57. The second kappa shape index (κ2) is 8.05. The minimum absolute atomic E-state index is 0.176. The zero-order valence-corrected chi connectivity index (χ0v) is 15.9. The molecule has 0 amide bonds. The molecule has 138 valence electrons. The van der Waals surface area contributed by atoms with Gasteiger partial charge < -0.3 is 4.74 Å². The fourth-order valence-corrected chi connectivity index (χ4v) is 3.74. The van der Waals surface area contributed by atoms with E-state index in [2.05, 4.69) is 9.71 Å². The molecule has 0 aliphatic rings. The Bertz CT molecular complexity index is 1040. The minimum atomic E-state index is -3.72. The number of hydrogen-bond acceptors (Lipinski definition) is 4. The van der Waals surface area contributed by atoms with E-state index in [4.69, 9.17) is 4.74 Å². The normalized spacial score (nSPS) is 11.5. The molecule has 0 bridgehead atoms. The summed E-state index contributed by atoms with van der Waals surface area (Å²) >= 11 is 0. The maximum absolute atomic E-state index is 12.8. The molecule has 2 aromatic carbocycles. The highest BCUT2D eigenvalue weighted by Crippen LogP contribution is 2.26. The molecule has 1 heterocycles. The first-order chi connectivity index (χ1) is 13.0. The minimum Gasteiger partial charge on any atom is -0.497 e. The first-order valence-electron chi connectivity index (χ1n) is 8.34. The van der Waals surface area contributed by atoms with Crippen molar-refractivity contribution in [2.75, 3.05) is 11.8 Å². The van der Waals surface area contributed by atoms with Crippen LogP contribution in [0.2, 0.25) is 0 Å². The number of benzene rings is 2. The van der Waals surface area contributed by atoms with Crippen LogP contribution < -0.4 is 9.46 Å². The molecule has 5 nitrogen and oxygen atoms in total. The molecule has 3 aromatic rings. The monoisotopic (exact) mass is 380 g/mol. The number of ether oxygens (including phenoxy) is 1. The number of hydrogen-bond donors (Lipinski definition) is 1. The van der Waals surface area contributed by atoms with Crippen LogP contribution in [-0.2, 0) is 10.0 Å². The molecule has 0 saturated carbocycles. The predicted octanol–water partition coefficient (Wildman–Crippen LogP) is 4.37. The van der Waals surface area contributed by atoms with Crippen LogP contribution in [-0.4, -0.2) is 20.5 Å². The molecular formula is C21H20N2O3S. The highest BCUT2D eigenvalue weighted by molar-refractivity contribution is 7.92. The molecule has 0 aliphatic heterocycles. The van der Waals surface area contributed by atoms with Crippen LogP contribution in [0.25, 0.3) is 12.2 Å². The third kappa shape index (κ3) is 4.54. The van der Waals surface area contributed by atoms with Gasteiger partial charge >= 0.3 is 0 Å². The molecule has 1 aromatic heterocycles. The van der Waals surface area contributed by atoms with Crippen molar-refractivity contribution in [1.29, 1.82) is 0 Å². The van der Waals surface area contributed by atoms with Crippen molar-refractivity contribution in [1.82, 2.24) is 4.98 Å². The maximum atomic E-state index is 12.8. The first-order valence-corrected chi connectivity index (χ1v) is 9.82. The molecule has 27 heavy (non-hydrogen) atoms. The van der Waals surface area contributed by atoms with Crippen molar-refractivity contribution < 1.29 is 13.2 Å². The number of para-hydroxylation sites is 1. The van der Waals surface area contributed by atoms with Crippen molar-refractivity contribution in [2.45, 2.75) is 11.8 Å². The molecule has 0 unspecified atom stereocenters. The Morgan fingerprint density at radius 3 is 2.33 bits per heavy atom. The SMILES string of the molecule is COc1ccc(S(=O)(=O)Nc2c(C)cccc2/C=C/c2ccncc2)cc1. The zero-order chi connectivity index (χ0) is 19.3. The van der Waals surface area contributed by atoms with Crippen LogP contribution in [0.5, 0.6) is 5.75 Å². The second-order valence-corrected chi connectivity index (χ2v) is 7.62. The summed E-state index contributed by atoms with van der Waals surface area (Å²) in [6.45, 7) is 1.87.